The standard InChI is InChI=1S/C10H12N2O/c1-7-5-12-6-8(2)11-10(12)4-9(7)13-3/h4-6H,1-3H3. The molecular formula is C10H12N2O. The van der Waals surface area contributed by atoms with Crippen molar-refractivity contribution in [2.75, 3.05) is 7.11 Å². The Labute approximate surface area is 77.0 Å². The molecule has 0 amide bonds. The van der Waals surface area contributed by atoms with E-state index < -0.39 is 0 Å². The van der Waals surface area contributed by atoms with Crippen LogP contribution in [-0.4, -0.2) is 16.5 Å². The molecule has 0 unspecified atom stereocenters. The van der Waals surface area contributed by atoms with Gasteiger partial charge in [-0.1, -0.05) is 0 Å². The van der Waals surface area contributed by atoms with E-state index in [0.717, 1.165) is 22.7 Å². The molecule has 0 aliphatic rings. The Morgan fingerprint density at radius 2 is 2.08 bits per heavy atom. The largest absolute Gasteiger partial charge is 0.496 e. The molecule has 2 rings (SSSR count). The van der Waals surface area contributed by atoms with Crippen molar-refractivity contribution in [2.24, 2.45) is 0 Å². The van der Waals surface area contributed by atoms with Gasteiger partial charge in [-0.25, -0.2) is 4.98 Å². The molecule has 0 radical (unpaired) electrons. The molecule has 2 aromatic rings. The van der Waals surface area contributed by atoms with Gasteiger partial charge in [0.05, 0.1) is 12.8 Å². The highest BCUT2D eigenvalue weighted by Gasteiger charge is 2.02. The minimum absolute atomic E-state index is 0.887. The maximum absolute atomic E-state index is 5.21. The molecule has 0 N–H and O–H groups in total. The number of aryl methyl sites for hydroxylation is 2. The summed E-state index contributed by atoms with van der Waals surface area (Å²) in [4.78, 5) is 4.35. The van der Waals surface area contributed by atoms with Crippen molar-refractivity contribution in [3.05, 3.63) is 29.7 Å². The van der Waals surface area contributed by atoms with Crippen molar-refractivity contribution >= 4 is 5.65 Å². The summed E-state index contributed by atoms with van der Waals surface area (Å²) >= 11 is 0. The van der Waals surface area contributed by atoms with Crippen LogP contribution >= 0.6 is 0 Å². The fraction of sp³-hybridized carbons (Fsp3) is 0.300. The Balaban J connectivity index is 2.72. The summed E-state index contributed by atoms with van der Waals surface area (Å²) < 4.78 is 7.22. The van der Waals surface area contributed by atoms with Crippen molar-refractivity contribution in [3.63, 3.8) is 0 Å². The van der Waals surface area contributed by atoms with Crippen LogP contribution in [0.4, 0.5) is 0 Å². The zero-order chi connectivity index (χ0) is 9.42. The molecule has 68 valence electrons. The van der Waals surface area contributed by atoms with Gasteiger partial charge in [-0.15, -0.1) is 0 Å². The second-order valence-electron chi connectivity index (χ2n) is 3.17. The number of rotatable bonds is 1. The molecule has 0 bridgehead atoms. The maximum atomic E-state index is 5.21. The van der Waals surface area contributed by atoms with Crippen LogP contribution < -0.4 is 4.74 Å². The van der Waals surface area contributed by atoms with Gasteiger partial charge in [0.2, 0.25) is 0 Å². The van der Waals surface area contributed by atoms with Crippen molar-refractivity contribution in [1.29, 1.82) is 0 Å². The second-order valence-corrected chi connectivity index (χ2v) is 3.17. The van der Waals surface area contributed by atoms with Crippen molar-refractivity contribution in [2.45, 2.75) is 13.8 Å². The van der Waals surface area contributed by atoms with Crippen LogP contribution in [0.2, 0.25) is 0 Å². The Morgan fingerprint density at radius 3 is 2.77 bits per heavy atom. The van der Waals surface area contributed by atoms with Gasteiger partial charge in [0.25, 0.3) is 0 Å². The first kappa shape index (κ1) is 8.10. The molecular weight excluding hydrogens is 164 g/mol. The van der Waals surface area contributed by atoms with E-state index in [4.69, 9.17) is 4.74 Å². The molecule has 0 atom stereocenters. The third-order valence-corrected chi connectivity index (χ3v) is 2.08. The third-order valence-electron chi connectivity index (χ3n) is 2.08. The van der Waals surface area contributed by atoms with E-state index in [-0.39, 0.29) is 0 Å². The predicted octanol–water partition coefficient (Wildman–Crippen LogP) is 1.96. The van der Waals surface area contributed by atoms with Gasteiger partial charge in [0, 0.05) is 24.0 Å². The number of ether oxygens (including phenoxy) is 1. The average molecular weight is 176 g/mol. The van der Waals surface area contributed by atoms with Gasteiger partial charge >= 0.3 is 0 Å². The summed E-state index contributed by atoms with van der Waals surface area (Å²) in [7, 11) is 1.68. The van der Waals surface area contributed by atoms with E-state index in [1.807, 2.05) is 36.7 Å². The van der Waals surface area contributed by atoms with E-state index in [9.17, 15) is 0 Å². The number of imidazole rings is 1. The fourth-order valence-corrected chi connectivity index (χ4v) is 1.47. The lowest BCUT2D eigenvalue weighted by Gasteiger charge is -2.04. The molecule has 2 heterocycles. The molecule has 0 spiro atoms. The number of methoxy groups -OCH3 is 1. The van der Waals surface area contributed by atoms with Gasteiger partial charge in [0.15, 0.2) is 0 Å². The lowest BCUT2D eigenvalue weighted by atomic mass is 10.3. The highest BCUT2D eigenvalue weighted by Crippen LogP contribution is 2.19. The third kappa shape index (κ3) is 1.26. The van der Waals surface area contributed by atoms with E-state index in [0.29, 0.717) is 0 Å². The highest BCUT2D eigenvalue weighted by atomic mass is 16.5. The second kappa shape index (κ2) is 2.76. The quantitative estimate of drug-likeness (QED) is 0.664. The van der Waals surface area contributed by atoms with Crippen LogP contribution in [0.3, 0.4) is 0 Å². The zero-order valence-electron chi connectivity index (χ0n) is 8.03. The van der Waals surface area contributed by atoms with Gasteiger partial charge in [-0.3, -0.25) is 0 Å². The topological polar surface area (TPSA) is 26.5 Å². The Bertz CT molecular complexity index is 445. The maximum Gasteiger partial charge on any atom is 0.140 e. The molecule has 3 heteroatoms. The first-order chi connectivity index (χ1) is 6.20. The molecule has 13 heavy (non-hydrogen) atoms. The van der Waals surface area contributed by atoms with Crippen LogP contribution in [0.5, 0.6) is 5.75 Å². The highest BCUT2D eigenvalue weighted by molar-refractivity contribution is 5.48. The van der Waals surface area contributed by atoms with E-state index >= 15 is 0 Å². The van der Waals surface area contributed by atoms with Crippen molar-refractivity contribution in [1.82, 2.24) is 9.38 Å². The minimum atomic E-state index is 0.887. The summed E-state index contributed by atoms with van der Waals surface area (Å²) in [6.45, 7) is 4.00. The average Bonchev–Trinajstić information content (AvgIpc) is 2.42. The number of hydrogen-bond acceptors (Lipinski definition) is 2. The predicted molar refractivity (Wildman–Crippen MR) is 51.2 cm³/mol. The van der Waals surface area contributed by atoms with Gasteiger partial charge in [0.1, 0.15) is 11.4 Å². The zero-order valence-corrected chi connectivity index (χ0v) is 8.03. The molecule has 2 aromatic heterocycles. The lowest BCUT2D eigenvalue weighted by Crippen LogP contribution is -1.91. The van der Waals surface area contributed by atoms with E-state index in [2.05, 4.69) is 4.98 Å². The summed E-state index contributed by atoms with van der Waals surface area (Å²) in [5.74, 6) is 0.887. The van der Waals surface area contributed by atoms with Crippen LogP contribution in [0, 0.1) is 13.8 Å². The number of hydrogen-bond donors (Lipinski definition) is 0. The monoisotopic (exact) mass is 176 g/mol. The fourth-order valence-electron chi connectivity index (χ4n) is 1.47. The minimum Gasteiger partial charge on any atom is -0.496 e. The molecule has 0 aliphatic carbocycles. The number of fused-ring (bicyclic) bond motifs is 1. The smallest absolute Gasteiger partial charge is 0.140 e. The van der Waals surface area contributed by atoms with Gasteiger partial charge in [-0.2, -0.15) is 0 Å². The van der Waals surface area contributed by atoms with Crippen LogP contribution in [0.25, 0.3) is 5.65 Å². The Hall–Kier alpha value is -1.51. The van der Waals surface area contributed by atoms with Crippen LogP contribution in [0.1, 0.15) is 11.3 Å². The summed E-state index contributed by atoms with van der Waals surface area (Å²) in [6, 6.07) is 1.95. The Kier molecular flexibility index (Phi) is 1.72. The van der Waals surface area contributed by atoms with Gasteiger partial charge < -0.3 is 9.14 Å². The van der Waals surface area contributed by atoms with Crippen molar-refractivity contribution in [3.8, 4) is 5.75 Å². The molecule has 0 saturated heterocycles. The molecule has 0 aliphatic heterocycles. The van der Waals surface area contributed by atoms with Crippen LogP contribution in [0.15, 0.2) is 18.5 Å². The summed E-state index contributed by atoms with van der Waals surface area (Å²) in [5, 5.41) is 0. The molecule has 0 saturated carbocycles. The molecule has 3 nitrogen and oxygen atoms in total. The first-order valence-electron chi connectivity index (χ1n) is 4.20. The number of aromatic nitrogens is 2. The van der Waals surface area contributed by atoms with E-state index in [1.165, 1.54) is 0 Å². The lowest BCUT2D eigenvalue weighted by molar-refractivity contribution is 0.411. The summed E-state index contributed by atoms with van der Waals surface area (Å²) in [5.41, 5.74) is 3.07. The number of nitrogens with zero attached hydrogens (tertiary/aromatic N) is 2. The number of pyridine rings is 1. The molecule has 0 aromatic carbocycles. The van der Waals surface area contributed by atoms with Crippen LogP contribution in [-0.2, 0) is 0 Å². The van der Waals surface area contributed by atoms with Crippen molar-refractivity contribution < 1.29 is 4.74 Å². The molecule has 0 fully saturated rings. The summed E-state index contributed by atoms with van der Waals surface area (Å²) in [6.07, 6.45) is 4.02. The first-order valence-corrected chi connectivity index (χ1v) is 4.20. The Morgan fingerprint density at radius 1 is 1.31 bits per heavy atom. The SMILES string of the molecule is COc1cc2nc(C)cn2cc1C. The van der Waals surface area contributed by atoms with E-state index in [1.54, 1.807) is 7.11 Å². The normalized spacial score (nSPS) is 10.7. The van der Waals surface area contributed by atoms with Gasteiger partial charge in [-0.05, 0) is 13.8 Å².